The molecule has 1 heterocycles. The van der Waals surface area contributed by atoms with Gasteiger partial charge in [-0.25, -0.2) is 9.78 Å². The molecule has 0 bridgehead atoms. The fraction of sp³-hybridized carbons (Fsp3) is 0.235. The van der Waals surface area contributed by atoms with Crippen molar-refractivity contribution in [2.24, 2.45) is 0 Å². The number of nitrogens with zero attached hydrogens (tertiary/aromatic N) is 2. The Kier molecular flexibility index (Phi) is 5.93. The Morgan fingerprint density at radius 2 is 2.17 bits per heavy atom. The summed E-state index contributed by atoms with van der Waals surface area (Å²) in [7, 11) is 5.99. The van der Waals surface area contributed by atoms with Gasteiger partial charge >= 0.3 is 6.03 Å². The lowest BCUT2D eigenvalue weighted by atomic mass is 9.91. The zero-order valence-electron chi connectivity index (χ0n) is 13.5. The first-order chi connectivity index (χ1) is 11.5. The number of aromatic nitrogens is 1. The molecule has 2 rings (SSSR count). The van der Waals surface area contributed by atoms with Gasteiger partial charge < -0.3 is 15.4 Å². The molecule has 2 N–H and O–H groups in total. The fourth-order valence-electron chi connectivity index (χ4n) is 2.11. The van der Waals surface area contributed by atoms with Crippen LogP contribution in [0.15, 0.2) is 36.5 Å². The molecule has 0 saturated heterocycles. The number of nitrogens with one attached hydrogen (secondary N) is 2. The Morgan fingerprint density at radius 1 is 1.38 bits per heavy atom. The number of rotatable bonds is 5. The molecule has 7 heteroatoms. The van der Waals surface area contributed by atoms with Crippen molar-refractivity contribution < 1.29 is 9.53 Å². The summed E-state index contributed by atoms with van der Waals surface area (Å²) in [4.78, 5) is 15.9. The Bertz CT molecular complexity index is 756. The third-order valence-electron chi connectivity index (χ3n) is 3.35. The molecule has 2 radical (unpaired) electrons. The number of hydrogen-bond acceptors (Lipinski definition) is 4. The zero-order valence-corrected chi connectivity index (χ0v) is 13.5. The standard InChI is InChI=1S/C17H17BN4O2/c1-3-24-11(2)12-4-7-16(15(18)8-12)22-17(23)21-14-6-5-13(9-19)20-10-14/h4-8,10-11H,3H2,1-2H3,(H2,21,22,23)/t11-/m1/s1. The van der Waals surface area contributed by atoms with Crippen molar-refractivity contribution in [1.29, 1.82) is 5.26 Å². The van der Waals surface area contributed by atoms with E-state index >= 15 is 0 Å². The van der Waals surface area contributed by atoms with Crippen LogP contribution in [0.25, 0.3) is 0 Å². The summed E-state index contributed by atoms with van der Waals surface area (Å²) in [6, 6.07) is 9.95. The number of pyridine rings is 1. The van der Waals surface area contributed by atoms with Gasteiger partial charge in [-0.15, -0.1) is 0 Å². The Hall–Kier alpha value is -2.85. The van der Waals surface area contributed by atoms with Gasteiger partial charge in [0, 0.05) is 12.3 Å². The molecule has 0 spiro atoms. The first-order valence-electron chi connectivity index (χ1n) is 7.48. The molecular formula is C17H17BN4O2. The first-order valence-corrected chi connectivity index (χ1v) is 7.48. The zero-order chi connectivity index (χ0) is 17.5. The number of carbonyl (C=O) groups excluding carboxylic acids is 1. The molecule has 0 aliphatic rings. The highest BCUT2D eigenvalue weighted by Crippen LogP contribution is 2.17. The highest BCUT2D eigenvalue weighted by atomic mass is 16.5. The number of urea groups is 1. The maximum atomic E-state index is 12.0. The van der Waals surface area contributed by atoms with Crippen LogP contribution < -0.4 is 16.1 Å². The second-order valence-electron chi connectivity index (χ2n) is 5.07. The third kappa shape index (κ3) is 4.57. The molecule has 24 heavy (non-hydrogen) atoms. The maximum Gasteiger partial charge on any atom is 0.323 e. The quantitative estimate of drug-likeness (QED) is 0.829. The Morgan fingerprint density at radius 3 is 2.75 bits per heavy atom. The second kappa shape index (κ2) is 8.13. The summed E-state index contributed by atoms with van der Waals surface area (Å²) in [5, 5.41) is 14.0. The first kappa shape index (κ1) is 17.5. The molecule has 120 valence electrons. The summed E-state index contributed by atoms with van der Waals surface area (Å²) in [5.74, 6) is 0. The molecule has 0 aliphatic heterocycles. The van der Waals surface area contributed by atoms with Gasteiger partial charge in [0.05, 0.1) is 18.0 Å². The van der Waals surface area contributed by atoms with Gasteiger partial charge in [-0.05, 0) is 37.6 Å². The van der Waals surface area contributed by atoms with Crippen LogP contribution in [0.3, 0.4) is 0 Å². The summed E-state index contributed by atoms with van der Waals surface area (Å²) < 4.78 is 5.52. The third-order valence-corrected chi connectivity index (χ3v) is 3.35. The van der Waals surface area contributed by atoms with Crippen molar-refractivity contribution in [3.63, 3.8) is 0 Å². The van der Waals surface area contributed by atoms with E-state index in [0.29, 0.717) is 23.4 Å². The highest BCUT2D eigenvalue weighted by molar-refractivity contribution is 6.36. The van der Waals surface area contributed by atoms with Crippen molar-refractivity contribution in [1.82, 2.24) is 4.98 Å². The minimum atomic E-state index is -0.446. The predicted octanol–water partition coefficient (Wildman–Crippen LogP) is 2.49. The van der Waals surface area contributed by atoms with Crippen LogP contribution in [0.4, 0.5) is 16.2 Å². The SMILES string of the molecule is [B]c1cc([C@@H](C)OCC)ccc1NC(=O)Nc1ccc(C#N)nc1. The molecule has 1 aromatic heterocycles. The van der Waals surface area contributed by atoms with Crippen molar-refractivity contribution >= 4 is 30.7 Å². The molecule has 0 aliphatic carbocycles. The van der Waals surface area contributed by atoms with E-state index < -0.39 is 6.03 Å². The lowest BCUT2D eigenvalue weighted by molar-refractivity contribution is 0.0765. The number of hydrogen-bond donors (Lipinski definition) is 2. The molecule has 0 saturated carbocycles. The highest BCUT2D eigenvalue weighted by Gasteiger charge is 2.09. The Balaban J connectivity index is 2.02. The summed E-state index contributed by atoms with van der Waals surface area (Å²) in [5.41, 5.74) is 2.65. The normalized spacial score (nSPS) is 11.4. The van der Waals surface area contributed by atoms with E-state index in [-0.39, 0.29) is 11.8 Å². The van der Waals surface area contributed by atoms with Crippen LogP contribution in [-0.4, -0.2) is 25.5 Å². The van der Waals surface area contributed by atoms with Crippen molar-refractivity contribution in [3.8, 4) is 6.07 Å². The van der Waals surface area contributed by atoms with Crippen LogP contribution in [-0.2, 0) is 4.74 Å². The second-order valence-corrected chi connectivity index (χ2v) is 5.07. The smallest absolute Gasteiger partial charge is 0.323 e. The summed E-state index contributed by atoms with van der Waals surface area (Å²) in [6.45, 7) is 4.48. The molecule has 1 aromatic carbocycles. The van der Waals surface area contributed by atoms with Crippen molar-refractivity contribution in [2.45, 2.75) is 20.0 Å². The monoisotopic (exact) mass is 320 g/mol. The summed E-state index contributed by atoms with van der Waals surface area (Å²) >= 11 is 0. The molecule has 1 atom stereocenters. The molecule has 6 nitrogen and oxygen atoms in total. The van der Waals surface area contributed by atoms with Gasteiger partial charge in [0.1, 0.15) is 19.6 Å². The van der Waals surface area contributed by atoms with E-state index in [9.17, 15) is 4.79 Å². The topological polar surface area (TPSA) is 87.0 Å². The molecule has 0 unspecified atom stereocenters. The van der Waals surface area contributed by atoms with Gasteiger partial charge in [-0.1, -0.05) is 17.6 Å². The number of benzene rings is 1. The van der Waals surface area contributed by atoms with Crippen LogP contribution in [0, 0.1) is 11.3 Å². The van der Waals surface area contributed by atoms with Crippen LogP contribution in [0.1, 0.15) is 31.2 Å². The average molecular weight is 320 g/mol. The maximum absolute atomic E-state index is 12.0. The van der Waals surface area contributed by atoms with Gasteiger partial charge in [0.25, 0.3) is 0 Å². The molecule has 2 amide bonds. The number of anilines is 2. The van der Waals surface area contributed by atoms with E-state index in [1.807, 2.05) is 26.0 Å². The van der Waals surface area contributed by atoms with Crippen LogP contribution in [0.2, 0.25) is 0 Å². The minimum Gasteiger partial charge on any atom is -0.374 e. The van der Waals surface area contributed by atoms with Crippen LogP contribution >= 0.6 is 0 Å². The van der Waals surface area contributed by atoms with Gasteiger partial charge in [0.2, 0.25) is 0 Å². The largest absolute Gasteiger partial charge is 0.374 e. The van der Waals surface area contributed by atoms with E-state index in [1.165, 1.54) is 12.3 Å². The Labute approximate surface area is 142 Å². The minimum absolute atomic E-state index is 0.0649. The van der Waals surface area contributed by atoms with Crippen LogP contribution in [0.5, 0.6) is 0 Å². The van der Waals surface area contributed by atoms with E-state index in [0.717, 1.165) is 5.56 Å². The van der Waals surface area contributed by atoms with Gasteiger partial charge in [0.15, 0.2) is 0 Å². The lowest BCUT2D eigenvalue weighted by Gasteiger charge is -2.15. The number of ether oxygens (including phenoxy) is 1. The van der Waals surface area contributed by atoms with Gasteiger partial charge in [-0.3, -0.25) is 0 Å². The lowest BCUT2D eigenvalue weighted by Crippen LogP contribution is -2.24. The molecule has 0 fully saturated rings. The fourth-order valence-corrected chi connectivity index (χ4v) is 2.11. The van der Waals surface area contributed by atoms with E-state index in [4.69, 9.17) is 17.8 Å². The van der Waals surface area contributed by atoms with Crippen molar-refractivity contribution in [2.75, 3.05) is 17.2 Å². The van der Waals surface area contributed by atoms with E-state index in [1.54, 1.807) is 18.2 Å². The predicted molar refractivity (Wildman–Crippen MR) is 93.5 cm³/mol. The number of nitriles is 1. The van der Waals surface area contributed by atoms with Gasteiger partial charge in [-0.2, -0.15) is 5.26 Å². The number of carbonyl (C=O) groups is 1. The summed E-state index contributed by atoms with van der Waals surface area (Å²) in [6.07, 6.45) is 1.35. The number of amides is 2. The van der Waals surface area contributed by atoms with Crippen molar-refractivity contribution in [3.05, 3.63) is 47.8 Å². The average Bonchev–Trinajstić information content (AvgIpc) is 2.57. The molecule has 2 aromatic rings. The molecular weight excluding hydrogens is 303 g/mol. The van der Waals surface area contributed by atoms with E-state index in [2.05, 4.69) is 15.6 Å².